The van der Waals surface area contributed by atoms with Crippen molar-refractivity contribution < 1.29 is 17.6 Å². The van der Waals surface area contributed by atoms with Crippen LogP contribution in [0.25, 0.3) is 22.3 Å². The molecule has 0 unspecified atom stereocenters. The van der Waals surface area contributed by atoms with Crippen molar-refractivity contribution in [3.05, 3.63) is 80.9 Å². The molecule has 33 heavy (non-hydrogen) atoms. The average molecular weight is 486 g/mol. The van der Waals surface area contributed by atoms with Crippen LogP contribution < -0.4 is 15.3 Å². The smallest absolute Gasteiger partial charge is 0.259 e. The standard InChI is InChI=1S/C23H20ClN3O5S/c1-12-9-16(14(3)31-18-6-7-19(24)27-23(18)33(25,29)30)22-17(10-12)20(28)13(2)21(32-22)15-5-4-8-26-11-15/h4-11,14H,1-3H3,(H2,25,29,30)/t14-/m1/s1. The van der Waals surface area contributed by atoms with Gasteiger partial charge in [-0.15, -0.1) is 0 Å². The fraction of sp³-hybridized carbons (Fsp3) is 0.174. The highest BCUT2D eigenvalue weighted by Gasteiger charge is 2.23. The lowest BCUT2D eigenvalue weighted by Crippen LogP contribution is -2.17. The van der Waals surface area contributed by atoms with Gasteiger partial charge < -0.3 is 9.15 Å². The maximum Gasteiger partial charge on any atom is 0.259 e. The number of pyridine rings is 2. The summed E-state index contributed by atoms with van der Waals surface area (Å²) in [5.41, 5.74) is 2.65. The second-order valence-corrected chi connectivity index (χ2v) is 9.46. The zero-order valence-corrected chi connectivity index (χ0v) is 19.6. The van der Waals surface area contributed by atoms with E-state index in [2.05, 4.69) is 9.97 Å². The molecule has 0 spiro atoms. The van der Waals surface area contributed by atoms with Crippen molar-refractivity contribution in [1.29, 1.82) is 0 Å². The Morgan fingerprint density at radius 2 is 1.94 bits per heavy atom. The molecule has 0 aliphatic rings. The number of fused-ring (bicyclic) bond motifs is 1. The molecule has 0 aliphatic heterocycles. The molecule has 1 atom stereocenters. The van der Waals surface area contributed by atoms with Gasteiger partial charge in [0.25, 0.3) is 10.0 Å². The van der Waals surface area contributed by atoms with Gasteiger partial charge in [-0.2, -0.15) is 0 Å². The highest BCUT2D eigenvalue weighted by molar-refractivity contribution is 7.89. The van der Waals surface area contributed by atoms with Gasteiger partial charge in [0.1, 0.15) is 22.6 Å². The van der Waals surface area contributed by atoms with Gasteiger partial charge in [-0.05, 0) is 62.7 Å². The van der Waals surface area contributed by atoms with E-state index < -0.39 is 21.2 Å². The van der Waals surface area contributed by atoms with Crippen molar-refractivity contribution in [3.63, 3.8) is 0 Å². The second kappa shape index (κ2) is 8.58. The van der Waals surface area contributed by atoms with Crippen LogP contribution in [0, 0.1) is 13.8 Å². The predicted octanol–water partition coefficient (Wildman–Crippen LogP) is 4.31. The number of hydrogen-bond acceptors (Lipinski definition) is 7. The van der Waals surface area contributed by atoms with E-state index in [1.165, 1.54) is 12.1 Å². The summed E-state index contributed by atoms with van der Waals surface area (Å²) in [6.07, 6.45) is 2.53. The third-order valence-corrected chi connectivity index (χ3v) is 6.16. The van der Waals surface area contributed by atoms with E-state index >= 15 is 0 Å². The monoisotopic (exact) mass is 485 g/mol. The fourth-order valence-electron chi connectivity index (χ4n) is 3.59. The van der Waals surface area contributed by atoms with E-state index in [1.807, 2.05) is 13.0 Å². The SMILES string of the molecule is Cc1cc([C@@H](C)Oc2ccc(Cl)nc2S(N)(=O)=O)c2oc(-c3cccnc3)c(C)c(=O)c2c1. The van der Waals surface area contributed by atoms with Crippen LogP contribution in [0.15, 0.2) is 63.0 Å². The Labute approximate surface area is 195 Å². The molecule has 3 aromatic heterocycles. The quantitative estimate of drug-likeness (QED) is 0.417. The number of sulfonamides is 1. The van der Waals surface area contributed by atoms with Crippen LogP contribution in [0.4, 0.5) is 0 Å². The summed E-state index contributed by atoms with van der Waals surface area (Å²) < 4.78 is 36.1. The number of ether oxygens (including phenoxy) is 1. The number of benzene rings is 1. The van der Waals surface area contributed by atoms with Gasteiger partial charge in [0.05, 0.1) is 5.39 Å². The van der Waals surface area contributed by atoms with E-state index in [-0.39, 0.29) is 16.3 Å². The Kier molecular flexibility index (Phi) is 5.96. The minimum absolute atomic E-state index is 0.0392. The van der Waals surface area contributed by atoms with Gasteiger partial charge in [0.2, 0.25) is 5.03 Å². The van der Waals surface area contributed by atoms with Crippen LogP contribution in [-0.2, 0) is 10.0 Å². The molecule has 8 nitrogen and oxygen atoms in total. The van der Waals surface area contributed by atoms with Crippen molar-refractivity contribution >= 4 is 32.6 Å². The van der Waals surface area contributed by atoms with Crippen molar-refractivity contribution in [2.75, 3.05) is 0 Å². The molecule has 0 saturated heterocycles. The highest BCUT2D eigenvalue weighted by atomic mass is 35.5. The predicted molar refractivity (Wildman–Crippen MR) is 125 cm³/mol. The lowest BCUT2D eigenvalue weighted by molar-refractivity contribution is 0.219. The minimum atomic E-state index is -4.19. The first kappa shape index (κ1) is 22.9. The summed E-state index contributed by atoms with van der Waals surface area (Å²) in [6.45, 7) is 5.26. The molecular formula is C23H20ClN3O5S. The maximum absolute atomic E-state index is 13.2. The molecule has 0 radical (unpaired) electrons. The lowest BCUT2D eigenvalue weighted by Gasteiger charge is -2.19. The van der Waals surface area contributed by atoms with Gasteiger partial charge in [-0.1, -0.05) is 11.6 Å². The molecule has 0 saturated carbocycles. The Hall–Kier alpha value is -3.27. The molecule has 2 N–H and O–H groups in total. The number of halogens is 1. The van der Waals surface area contributed by atoms with E-state index in [1.54, 1.807) is 44.4 Å². The molecule has 0 aliphatic carbocycles. The summed E-state index contributed by atoms with van der Waals surface area (Å²) >= 11 is 5.84. The summed E-state index contributed by atoms with van der Waals surface area (Å²) in [7, 11) is -4.19. The van der Waals surface area contributed by atoms with Crippen LogP contribution in [0.2, 0.25) is 5.15 Å². The first-order valence-corrected chi connectivity index (χ1v) is 11.8. The third kappa shape index (κ3) is 4.47. The normalized spacial score (nSPS) is 12.6. The topological polar surface area (TPSA) is 125 Å². The number of primary sulfonamides is 1. The van der Waals surface area contributed by atoms with Crippen molar-refractivity contribution in [3.8, 4) is 17.1 Å². The number of rotatable bonds is 5. The van der Waals surface area contributed by atoms with Crippen molar-refractivity contribution in [2.45, 2.75) is 31.9 Å². The zero-order chi connectivity index (χ0) is 23.9. The number of aromatic nitrogens is 2. The summed E-state index contributed by atoms with van der Waals surface area (Å²) in [6, 6.07) is 9.90. The molecular weight excluding hydrogens is 466 g/mol. The lowest BCUT2D eigenvalue weighted by atomic mass is 10.0. The average Bonchev–Trinajstić information content (AvgIpc) is 2.77. The minimum Gasteiger partial charge on any atom is -0.483 e. The summed E-state index contributed by atoms with van der Waals surface area (Å²) in [4.78, 5) is 21.1. The van der Waals surface area contributed by atoms with E-state index in [4.69, 9.17) is 25.9 Å². The van der Waals surface area contributed by atoms with E-state index in [0.29, 0.717) is 33.4 Å². The molecule has 0 fully saturated rings. The first-order chi connectivity index (χ1) is 15.6. The number of nitrogens with zero attached hydrogens (tertiary/aromatic N) is 2. The van der Waals surface area contributed by atoms with Gasteiger partial charge >= 0.3 is 0 Å². The van der Waals surface area contributed by atoms with Crippen LogP contribution in [0.1, 0.15) is 29.7 Å². The molecule has 4 rings (SSSR count). The third-order valence-electron chi connectivity index (χ3n) is 5.12. The van der Waals surface area contributed by atoms with E-state index in [0.717, 1.165) is 5.56 Å². The van der Waals surface area contributed by atoms with Crippen LogP contribution >= 0.6 is 11.6 Å². The van der Waals surface area contributed by atoms with E-state index in [9.17, 15) is 13.2 Å². The summed E-state index contributed by atoms with van der Waals surface area (Å²) in [5, 5.41) is 5.16. The Morgan fingerprint density at radius 1 is 1.18 bits per heavy atom. The van der Waals surface area contributed by atoms with Crippen LogP contribution in [-0.4, -0.2) is 18.4 Å². The van der Waals surface area contributed by atoms with Gasteiger partial charge in [0.15, 0.2) is 11.2 Å². The fourth-order valence-corrected chi connectivity index (χ4v) is 4.41. The van der Waals surface area contributed by atoms with Gasteiger partial charge in [0, 0.05) is 29.1 Å². The number of aryl methyl sites for hydroxylation is 1. The molecule has 3 heterocycles. The van der Waals surface area contributed by atoms with Gasteiger partial charge in [-0.3, -0.25) is 9.78 Å². The molecule has 0 bridgehead atoms. The van der Waals surface area contributed by atoms with Crippen LogP contribution in [0.3, 0.4) is 0 Å². The van der Waals surface area contributed by atoms with Crippen molar-refractivity contribution in [2.24, 2.45) is 5.14 Å². The Balaban J connectivity index is 1.90. The summed E-state index contributed by atoms with van der Waals surface area (Å²) in [5.74, 6) is 0.335. The Morgan fingerprint density at radius 3 is 2.61 bits per heavy atom. The maximum atomic E-state index is 13.2. The van der Waals surface area contributed by atoms with Gasteiger partial charge in [-0.25, -0.2) is 18.5 Å². The molecule has 0 amide bonds. The number of hydrogen-bond donors (Lipinski definition) is 1. The largest absolute Gasteiger partial charge is 0.483 e. The highest BCUT2D eigenvalue weighted by Crippen LogP contribution is 2.34. The number of nitrogens with two attached hydrogens (primary N) is 1. The first-order valence-electron chi connectivity index (χ1n) is 9.90. The van der Waals surface area contributed by atoms with Crippen molar-refractivity contribution in [1.82, 2.24) is 9.97 Å². The van der Waals surface area contributed by atoms with Crippen LogP contribution in [0.5, 0.6) is 5.75 Å². The zero-order valence-electron chi connectivity index (χ0n) is 18.0. The molecule has 10 heteroatoms. The molecule has 170 valence electrons. The molecule has 1 aromatic carbocycles. The molecule has 4 aromatic rings. The Bertz CT molecular complexity index is 1540. The second-order valence-electron chi connectivity index (χ2n) is 7.60.